The van der Waals surface area contributed by atoms with Crippen LogP contribution in [0.1, 0.15) is 11.1 Å². The summed E-state index contributed by atoms with van der Waals surface area (Å²) in [5.41, 5.74) is 1.95. The van der Waals surface area contributed by atoms with Crippen molar-refractivity contribution in [3.63, 3.8) is 0 Å². The summed E-state index contributed by atoms with van der Waals surface area (Å²) in [6.45, 7) is 0.272. The number of methoxy groups -OCH3 is 1. The van der Waals surface area contributed by atoms with E-state index in [1.165, 1.54) is 13.2 Å². The van der Waals surface area contributed by atoms with E-state index >= 15 is 0 Å². The Morgan fingerprint density at radius 1 is 0.718 bits per heavy atom. The Morgan fingerprint density at radius 2 is 1.33 bits per heavy atom. The zero-order valence-corrected chi connectivity index (χ0v) is 21.7. The summed E-state index contributed by atoms with van der Waals surface area (Å²) < 4.78 is 11.4. The fourth-order valence-corrected chi connectivity index (χ4v) is 4.40. The molecule has 7 nitrogen and oxygen atoms in total. The second-order valence-corrected chi connectivity index (χ2v) is 9.06. The first-order chi connectivity index (χ1) is 19.0. The van der Waals surface area contributed by atoms with Crippen molar-refractivity contribution in [2.45, 2.75) is 6.61 Å². The average molecular weight is 539 g/mol. The lowest BCUT2D eigenvalue weighted by Gasteiger charge is -2.33. The zero-order valence-electron chi connectivity index (χ0n) is 20.9. The molecule has 0 aliphatic carbocycles. The normalized spacial score (nSPS) is 13.5. The van der Waals surface area contributed by atoms with Gasteiger partial charge in [-0.25, -0.2) is 14.6 Å². The number of benzene rings is 4. The zero-order chi connectivity index (χ0) is 27.4. The Hall–Kier alpha value is -4.88. The maximum absolute atomic E-state index is 13.6. The third kappa shape index (κ3) is 5.39. The maximum Gasteiger partial charge on any atom is 0.343 e. The smallest absolute Gasteiger partial charge is 0.343 e. The van der Waals surface area contributed by atoms with E-state index < -0.39 is 17.8 Å². The highest BCUT2D eigenvalue weighted by molar-refractivity contribution is 6.46. The number of urea groups is 1. The molecule has 4 aromatic rings. The number of ether oxygens (including phenoxy) is 2. The molecule has 194 valence electrons. The molecule has 0 bridgehead atoms. The van der Waals surface area contributed by atoms with E-state index in [1.54, 1.807) is 84.9 Å². The molecule has 4 amide bonds. The van der Waals surface area contributed by atoms with Crippen molar-refractivity contribution in [1.29, 1.82) is 0 Å². The molecule has 4 aromatic carbocycles. The van der Waals surface area contributed by atoms with Crippen molar-refractivity contribution in [1.82, 2.24) is 0 Å². The molecule has 1 heterocycles. The second kappa shape index (κ2) is 11.2. The van der Waals surface area contributed by atoms with Crippen LogP contribution in [0.4, 0.5) is 16.2 Å². The summed E-state index contributed by atoms with van der Waals surface area (Å²) in [5.74, 6) is -0.543. The van der Waals surface area contributed by atoms with Crippen LogP contribution in [-0.2, 0) is 16.2 Å². The van der Waals surface area contributed by atoms with E-state index in [9.17, 15) is 14.4 Å². The minimum atomic E-state index is -0.748. The molecule has 0 radical (unpaired) electrons. The van der Waals surface area contributed by atoms with Gasteiger partial charge in [0.2, 0.25) is 0 Å². The van der Waals surface area contributed by atoms with Crippen molar-refractivity contribution in [3.05, 3.63) is 125 Å². The van der Waals surface area contributed by atoms with Crippen molar-refractivity contribution in [2.75, 3.05) is 16.9 Å². The maximum atomic E-state index is 13.6. The van der Waals surface area contributed by atoms with E-state index in [4.69, 9.17) is 21.1 Å². The van der Waals surface area contributed by atoms with Crippen LogP contribution in [0.3, 0.4) is 0 Å². The monoisotopic (exact) mass is 538 g/mol. The van der Waals surface area contributed by atoms with Crippen LogP contribution < -0.4 is 19.3 Å². The van der Waals surface area contributed by atoms with Crippen LogP contribution in [0.15, 0.2) is 109 Å². The van der Waals surface area contributed by atoms with Gasteiger partial charge < -0.3 is 9.47 Å². The summed E-state index contributed by atoms with van der Waals surface area (Å²) in [7, 11) is 1.50. The number of amides is 4. The predicted molar refractivity (Wildman–Crippen MR) is 150 cm³/mol. The number of para-hydroxylation sites is 2. The van der Waals surface area contributed by atoms with Crippen molar-refractivity contribution >= 4 is 46.9 Å². The standard InChI is InChI=1S/C31H23ClN2O5/c1-38-28-19-21(15-16-27(28)39-20-22-9-8-10-23(32)17-22)18-26-29(35)33(24-11-4-2-5-12-24)31(37)34(30(26)36)25-13-6-3-7-14-25/h2-19H,20H2,1H3. The average Bonchev–Trinajstić information content (AvgIpc) is 2.95. The van der Waals surface area contributed by atoms with Gasteiger partial charge in [-0.3, -0.25) is 9.59 Å². The second-order valence-electron chi connectivity index (χ2n) is 8.62. The number of carbonyl (C=O) groups excluding carboxylic acids is 3. The molecule has 0 saturated carbocycles. The summed E-state index contributed by atoms with van der Waals surface area (Å²) >= 11 is 6.06. The van der Waals surface area contributed by atoms with E-state index in [-0.39, 0.29) is 12.2 Å². The van der Waals surface area contributed by atoms with Crippen molar-refractivity contribution < 1.29 is 23.9 Å². The number of barbiturate groups is 1. The van der Waals surface area contributed by atoms with Gasteiger partial charge >= 0.3 is 6.03 Å². The highest BCUT2D eigenvalue weighted by Gasteiger charge is 2.43. The third-order valence-electron chi connectivity index (χ3n) is 6.06. The molecular weight excluding hydrogens is 516 g/mol. The lowest BCUT2D eigenvalue weighted by Crippen LogP contribution is -2.57. The van der Waals surface area contributed by atoms with Gasteiger partial charge in [-0.2, -0.15) is 0 Å². The summed E-state index contributed by atoms with van der Waals surface area (Å²) in [6.07, 6.45) is 1.45. The molecule has 8 heteroatoms. The number of hydrogen-bond acceptors (Lipinski definition) is 5. The molecule has 0 spiro atoms. The van der Waals surface area contributed by atoms with Crippen LogP contribution in [-0.4, -0.2) is 25.0 Å². The lowest BCUT2D eigenvalue weighted by atomic mass is 10.0. The van der Waals surface area contributed by atoms with Crippen LogP contribution in [0.25, 0.3) is 6.08 Å². The minimum Gasteiger partial charge on any atom is -0.493 e. The van der Waals surface area contributed by atoms with Gasteiger partial charge in [0.05, 0.1) is 18.5 Å². The quantitative estimate of drug-likeness (QED) is 0.198. The fourth-order valence-electron chi connectivity index (χ4n) is 4.19. The first-order valence-electron chi connectivity index (χ1n) is 12.1. The van der Waals surface area contributed by atoms with Crippen molar-refractivity contribution in [2.24, 2.45) is 0 Å². The number of hydrogen-bond donors (Lipinski definition) is 0. The topological polar surface area (TPSA) is 76.2 Å². The van der Waals surface area contributed by atoms with Gasteiger partial charge in [0.15, 0.2) is 11.5 Å². The summed E-state index contributed by atoms with van der Waals surface area (Å²) in [6, 6.07) is 28.6. The van der Waals surface area contributed by atoms with E-state index in [2.05, 4.69) is 0 Å². The van der Waals surface area contributed by atoms with Gasteiger partial charge in [0.1, 0.15) is 12.2 Å². The highest BCUT2D eigenvalue weighted by atomic mass is 35.5. The van der Waals surface area contributed by atoms with Gasteiger partial charge in [0.25, 0.3) is 11.8 Å². The minimum absolute atomic E-state index is 0.169. The molecule has 0 N–H and O–H groups in total. The van der Waals surface area contributed by atoms with E-state index in [1.807, 2.05) is 18.2 Å². The summed E-state index contributed by atoms with van der Waals surface area (Å²) in [5, 5.41) is 0.611. The van der Waals surface area contributed by atoms with Crippen LogP contribution in [0, 0.1) is 0 Å². The molecule has 0 atom stereocenters. The van der Waals surface area contributed by atoms with Gasteiger partial charge in [-0.15, -0.1) is 0 Å². The van der Waals surface area contributed by atoms with E-state index in [0.29, 0.717) is 33.5 Å². The Labute approximate surface area is 230 Å². The van der Waals surface area contributed by atoms with Crippen LogP contribution in [0.5, 0.6) is 11.5 Å². The van der Waals surface area contributed by atoms with Crippen molar-refractivity contribution in [3.8, 4) is 11.5 Å². The molecule has 1 fully saturated rings. The van der Waals surface area contributed by atoms with Gasteiger partial charge in [0, 0.05) is 5.02 Å². The Balaban J connectivity index is 1.50. The Morgan fingerprint density at radius 3 is 1.90 bits per heavy atom. The predicted octanol–water partition coefficient (Wildman–Crippen LogP) is 6.51. The van der Waals surface area contributed by atoms with Crippen LogP contribution in [0.2, 0.25) is 5.02 Å². The molecule has 1 aliphatic rings. The van der Waals surface area contributed by atoms with Gasteiger partial charge in [-0.05, 0) is 65.7 Å². The first-order valence-corrected chi connectivity index (χ1v) is 12.4. The molecule has 0 unspecified atom stereocenters. The number of anilines is 2. The first kappa shape index (κ1) is 25.8. The molecule has 1 aliphatic heterocycles. The molecule has 5 rings (SSSR count). The van der Waals surface area contributed by atoms with E-state index in [0.717, 1.165) is 15.4 Å². The molecule has 0 aromatic heterocycles. The van der Waals surface area contributed by atoms with Gasteiger partial charge in [-0.1, -0.05) is 66.2 Å². The third-order valence-corrected chi connectivity index (χ3v) is 6.30. The number of rotatable bonds is 7. The number of nitrogens with zero attached hydrogens (tertiary/aromatic N) is 2. The van der Waals surface area contributed by atoms with Crippen LogP contribution >= 0.6 is 11.6 Å². The highest BCUT2D eigenvalue weighted by Crippen LogP contribution is 2.33. The number of imide groups is 2. The Bertz CT molecular complexity index is 1510. The lowest BCUT2D eigenvalue weighted by molar-refractivity contribution is -0.121. The molecular formula is C31H23ClN2O5. The SMILES string of the molecule is COc1cc(C=C2C(=O)N(c3ccccc3)C(=O)N(c3ccccc3)C2=O)ccc1OCc1cccc(Cl)c1. The molecule has 39 heavy (non-hydrogen) atoms. The fraction of sp³-hybridized carbons (Fsp3) is 0.0645. The molecule has 1 saturated heterocycles. The number of carbonyl (C=O) groups is 3. The Kier molecular flexibility index (Phi) is 7.43. The largest absolute Gasteiger partial charge is 0.493 e. The number of halogens is 1. The summed E-state index contributed by atoms with van der Waals surface area (Å²) in [4.78, 5) is 42.6.